The molecule has 0 atom stereocenters. The van der Waals surface area contributed by atoms with Gasteiger partial charge in [-0.15, -0.1) is 0 Å². The topological polar surface area (TPSA) is 99.4 Å². The lowest BCUT2D eigenvalue weighted by Crippen LogP contribution is -2.09. The van der Waals surface area contributed by atoms with Crippen molar-refractivity contribution in [3.8, 4) is 17.3 Å². The minimum atomic E-state index is -1.33. The molecular formula is C30H24F4N4O4. The van der Waals surface area contributed by atoms with Gasteiger partial charge in [-0.05, 0) is 61.4 Å². The van der Waals surface area contributed by atoms with Gasteiger partial charge in [0.25, 0.3) is 0 Å². The van der Waals surface area contributed by atoms with Gasteiger partial charge in [-0.2, -0.15) is 4.98 Å². The molecule has 0 spiro atoms. The van der Waals surface area contributed by atoms with Crippen molar-refractivity contribution >= 4 is 17.0 Å². The Labute approximate surface area is 237 Å². The van der Waals surface area contributed by atoms with Crippen molar-refractivity contribution in [2.45, 2.75) is 33.6 Å². The standard InChI is InChI=1S/C30H24F4N4O4/c1-3-41-15-38-26-11-19(29(39)40)10-24(34)28(26)37-27(38)12-18-9-23(33)20(13-22(18)32)25-6-7-35-30(36-25)42-14-17-5-4-16(2)8-21(17)31/h4-11,13H,3,12,14-15H2,1-2H3,(H,39,40). The first-order valence-corrected chi connectivity index (χ1v) is 12.8. The molecule has 0 saturated carbocycles. The molecule has 0 saturated heterocycles. The van der Waals surface area contributed by atoms with Gasteiger partial charge >= 0.3 is 12.0 Å². The lowest BCUT2D eigenvalue weighted by Gasteiger charge is -2.12. The molecular weight excluding hydrogens is 556 g/mol. The van der Waals surface area contributed by atoms with Crippen LogP contribution in [0.2, 0.25) is 0 Å². The number of hydrogen-bond acceptors (Lipinski definition) is 6. The van der Waals surface area contributed by atoms with Gasteiger partial charge < -0.3 is 19.1 Å². The number of aryl methyl sites for hydroxylation is 1. The molecule has 0 aliphatic carbocycles. The highest BCUT2D eigenvalue weighted by Crippen LogP contribution is 2.28. The van der Waals surface area contributed by atoms with E-state index < -0.39 is 29.2 Å². The van der Waals surface area contributed by atoms with Crippen LogP contribution in [0.25, 0.3) is 22.3 Å². The zero-order valence-electron chi connectivity index (χ0n) is 22.5. The van der Waals surface area contributed by atoms with Crippen LogP contribution < -0.4 is 4.74 Å². The van der Waals surface area contributed by atoms with Crippen molar-refractivity contribution < 1.29 is 36.9 Å². The van der Waals surface area contributed by atoms with Gasteiger partial charge in [0.1, 0.15) is 42.1 Å². The summed E-state index contributed by atoms with van der Waals surface area (Å²) >= 11 is 0. The van der Waals surface area contributed by atoms with Crippen molar-refractivity contribution in [3.63, 3.8) is 0 Å². The van der Waals surface area contributed by atoms with Crippen molar-refractivity contribution in [1.29, 1.82) is 0 Å². The van der Waals surface area contributed by atoms with E-state index in [0.29, 0.717) is 6.61 Å². The van der Waals surface area contributed by atoms with Crippen LogP contribution in [0.4, 0.5) is 17.6 Å². The van der Waals surface area contributed by atoms with Crippen LogP contribution in [0.5, 0.6) is 6.01 Å². The maximum atomic E-state index is 15.3. The van der Waals surface area contributed by atoms with Crippen molar-refractivity contribution in [2.75, 3.05) is 6.61 Å². The highest BCUT2D eigenvalue weighted by atomic mass is 19.1. The zero-order chi connectivity index (χ0) is 30.0. The summed E-state index contributed by atoms with van der Waals surface area (Å²) in [7, 11) is 0. The Hall–Kier alpha value is -4.84. The fourth-order valence-corrected chi connectivity index (χ4v) is 4.38. The Balaban J connectivity index is 1.43. The van der Waals surface area contributed by atoms with Gasteiger partial charge in [0, 0.05) is 30.4 Å². The van der Waals surface area contributed by atoms with Crippen LogP contribution >= 0.6 is 0 Å². The van der Waals surface area contributed by atoms with E-state index in [4.69, 9.17) is 9.47 Å². The lowest BCUT2D eigenvalue weighted by molar-refractivity contribution is 0.0696. The molecule has 42 heavy (non-hydrogen) atoms. The Morgan fingerprint density at radius 2 is 1.71 bits per heavy atom. The number of halogens is 4. The fraction of sp³-hybridized carbons (Fsp3) is 0.200. The lowest BCUT2D eigenvalue weighted by atomic mass is 10.0. The molecule has 5 aromatic rings. The SMILES string of the molecule is CCOCn1c(Cc2cc(F)c(-c3ccnc(OCc4ccc(C)cc4F)n3)cc2F)nc2c(F)cc(C(=O)O)cc21. The number of benzene rings is 3. The third kappa shape index (κ3) is 5.93. The molecule has 0 aliphatic heterocycles. The van der Waals surface area contributed by atoms with E-state index in [0.717, 1.165) is 23.8 Å². The largest absolute Gasteiger partial charge is 0.478 e. The Morgan fingerprint density at radius 1 is 0.929 bits per heavy atom. The van der Waals surface area contributed by atoms with Gasteiger partial charge in [0.2, 0.25) is 0 Å². The summed E-state index contributed by atoms with van der Waals surface area (Å²) in [5.74, 6) is -4.08. The number of carbonyl (C=O) groups is 1. The minimum Gasteiger partial charge on any atom is -0.478 e. The van der Waals surface area contributed by atoms with Gasteiger partial charge in [0.15, 0.2) is 5.82 Å². The third-order valence-electron chi connectivity index (χ3n) is 6.52. The monoisotopic (exact) mass is 580 g/mol. The molecule has 0 unspecified atom stereocenters. The second-order valence-corrected chi connectivity index (χ2v) is 9.42. The molecule has 8 nitrogen and oxygen atoms in total. The van der Waals surface area contributed by atoms with Crippen molar-refractivity contribution in [3.05, 3.63) is 106 Å². The summed E-state index contributed by atoms with van der Waals surface area (Å²) in [6.07, 6.45) is 1.07. The molecule has 0 bridgehead atoms. The maximum Gasteiger partial charge on any atom is 0.335 e. The molecule has 1 N–H and O–H groups in total. The first-order valence-electron chi connectivity index (χ1n) is 12.8. The summed E-state index contributed by atoms with van der Waals surface area (Å²) in [5.41, 5.74) is 0.571. The van der Waals surface area contributed by atoms with Gasteiger partial charge in [0.05, 0.1) is 16.8 Å². The number of carboxylic acid groups (broad SMARTS) is 1. The highest BCUT2D eigenvalue weighted by molar-refractivity contribution is 5.92. The zero-order valence-corrected chi connectivity index (χ0v) is 22.5. The predicted molar refractivity (Wildman–Crippen MR) is 144 cm³/mol. The van der Waals surface area contributed by atoms with Gasteiger partial charge in [-0.25, -0.2) is 32.3 Å². The number of ether oxygens (including phenoxy) is 2. The average Bonchev–Trinajstić information content (AvgIpc) is 3.30. The fourth-order valence-electron chi connectivity index (χ4n) is 4.38. The van der Waals surface area contributed by atoms with Crippen LogP contribution in [0.1, 0.15) is 39.8 Å². The van der Waals surface area contributed by atoms with E-state index in [9.17, 15) is 18.7 Å². The molecule has 0 radical (unpaired) electrons. The normalized spacial score (nSPS) is 11.3. The molecule has 0 fully saturated rings. The van der Waals surface area contributed by atoms with Crippen molar-refractivity contribution in [2.24, 2.45) is 0 Å². The quantitative estimate of drug-likeness (QED) is 0.196. The van der Waals surface area contributed by atoms with Crippen LogP contribution in [-0.2, 0) is 24.5 Å². The van der Waals surface area contributed by atoms with E-state index in [-0.39, 0.29) is 70.6 Å². The van der Waals surface area contributed by atoms with E-state index in [1.54, 1.807) is 26.0 Å². The predicted octanol–water partition coefficient (Wildman–Crippen LogP) is 6.22. The maximum absolute atomic E-state index is 15.3. The molecule has 5 rings (SSSR count). The second-order valence-electron chi connectivity index (χ2n) is 9.42. The van der Waals surface area contributed by atoms with E-state index in [2.05, 4.69) is 15.0 Å². The van der Waals surface area contributed by atoms with E-state index >= 15 is 8.78 Å². The Morgan fingerprint density at radius 3 is 2.45 bits per heavy atom. The number of aromatic carboxylic acids is 1. The van der Waals surface area contributed by atoms with E-state index in [1.807, 2.05) is 0 Å². The summed E-state index contributed by atoms with van der Waals surface area (Å²) in [4.78, 5) is 23.8. The Kier molecular flexibility index (Phi) is 8.16. The molecule has 2 heterocycles. The number of imidazole rings is 1. The molecule has 0 aliphatic rings. The molecule has 12 heteroatoms. The number of aromatic nitrogens is 4. The van der Waals surface area contributed by atoms with Crippen molar-refractivity contribution in [1.82, 2.24) is 19.5 Å². The highest BCUT2D eigenvalue weighted by Gasteiger charge is 2.21. The molecule has 2 aromatic heterocycles. The van der Waals surface area contributed by atoms with Crippen LogP contribution in [0, 0.1) is 30.2 Å². The molecule has 216 valence electrons. The molecule has 0 amide bonds. The van der Waals surface area contributed by atoms with E-state index in [1.165, 1.54) is 29.0 Å². The van der Waals surface area contributed by atoms with Gasteiger partial charge in [-0.1, -0.05) is 12.1 Å². The number of fused-ring (bicyclic) bond motifs is 1. The first-order chi connectivity index (χ1) is 20.1. The van der Waals surface area contributed by atoms with Crippen LogP contribution in [0.15, 0.2) is 54.7 Å². The van der Waals surface area contributed by atoms with Gasteiger partial charge in [-0.3, -0.25) is 0 Å². The summed E-state index contributed by atoms with van der Waals surface area (Å²) < 4.78 is 71.8. The summed E-state index contributed by atoms with van der Waals surface area (Å²) in [6.45, 7) is 3.52. The smallest absolute Gasteiger partial charge is 0.335 e. The van der Waals surface area contributed by atoms with Crippen LogP contribution in [-0.4, -0.2) is 37.2 Å². The first kappa shape index (κ1) is 28.7. The van der Waals surface area contributed by atoms with Crippen LogP contribution in [0.3, 0.4) is 0 Å². The third-order valence-corrected chi connectivity index (χ3v) is 6.52. The number of carboxylic acids is 1. The summed E-state index contributed by atoms with van der Waals surface area (Å²) in [6, 6.07) is 9.94. The number of hydrogen-bond donors (Lipinski definition) is 1. The number of nitrogens with zero attached hydrogens (tertiary/aromatic N) is 4. The Bertz CT molecular complexity index is 1810. The second kappa shape index (κ2) is 12.0. The number of rotatable bonds is 10. The minimum absolute atomic E-state index is 0.0409. The average molecular weight is 581 g/mol. The summed E-state index contributed by atoms with van der Waals surface area (Å²) in [5, 5.41) is 9.33. The molecule has 3 aromatic carbocycles.